The molecule has 1 aromatic rings. The molecule has 1 heterocycles. The highest BCUT2D eigenvalue weighted by molar-refractivity contribution is 5.27. The topological polar surface area (TPSA) is 35.5 Å². The molecule has 0 saturated carbocycles. The molecule has 2 N–H and O–H groups in total. The van der Waals surface area contributed by atoms with Crippen molar-refractivity contribution in [1.82, 2.24) is 10.2 Å². The van der Waals surface area contributed by atoms with Crippen molar-refractivity contribution in [2.24, 2.45) is 5.92 Å². The Morgan fingerprint density at radius 2 is 1.95 bits per heavy atom. The maximum Gasteiger partial charge on any atom is 0.115 e. The summed E-state index contributed by atoms with van der Waals surface area (Å²) in [4.78, 5) is 2.57. The van der Waals surface area contributed by atoms with Crippen LogP contribution in [0, 0.1) is 5.92 Å². The molecular weight excluding hydrogens is 248 g/mol. The van der Waals surface area contributed by atoms with Gasteiger partial charge in [0.1, 0.15) is 5.75 Å². The number of hydrogen-bond acceptors (Lipinski definition) is 3. The van der Waals surface area contributed by atoms with Gasteiger partial charge >= 0.3 is 0 Å². The van der Waals surface area contributed by atoms with E-state index in [4.69, 9.17) is 0 Å². The first-order valence-electron chi connectivity index (χ1n) is 7.82. The smallest absolute Gasteiger partial charge is 0.115 e. The lowest BCUT2D eigenvalue weighted by Gasteiger charge is -2.33. The number of phenols is 1. The molecule has 0 bridgehead atoms. The zero-order chi connectivity index (χ0) is 14.5. The zero-order valence-electron chi connectivity index (χ0n) is 13.0. The van der Waals surface area contributed by atoms with Crippen molar-refractivity contribution in [3.05, 3.63) is 29.8 Å². The van der Waals surface area contributed by atoms with E-state index in [-0.39, 0.29) is 0 Å². The predicted octanol–water partition coefficient (Wildman–Crippen LogP) is 3.16. The first-order valence-corrected chi connectivity index (χ1v) is 7.82. The molecule has 3 heteroatoms. The lowest BCUT2D eigenvalue weighted by atomic mass is 10.0. The summed E-state index contributed by atoms with van der Waals surface area (Å²) in [5.74, 6) is 1.00. The quantitative estimate of drug-likeness (QED) is 0.838. The number of nitrogens with one attached hydrogen (secondary N) is 1. The van der Waals surface area contributed by atoms with Gasteiger partial charge < -0.3 is 10.4 Å². The number of rotatable bonds is 6. The molecular formula is C17H28N2O. The average molecular weight is 276 g/mol. The summed E-state index contributed by atoms with van der Waals surface area (Å²) in [5, 5.41) is 13.0. The Balaban J connectivity index is 2.05. The van der Waals surface area contributed by atoms with E-state index >= 15 is 0 Å². The van der Waals surface area contributed by atoms with E-state index in [1.54, 1.807) is 12.1 Å². The second-order valence-electron chi connectivity index (χ2n) is 6.41. The average Bonchev–Trinajstić information content (AvgIpc) is 2.90. The second-order valence-corrected chi connectivity index (χ2v) is 6.41. The van der Waals surface area contributed by atoms with Crippen LogP contribution in [0.5, 0.6) is 5.75 Å². The van der Waals surface area contributed by atoms with Crippen LogP contribution in [0.25, 0.3) is 0 Å². The molecule has 2 atom stereocenters. The third-order valence-electron chi connectivity index (χ3n) is 4.14. The molecule has 1 aromatic carbocycles. The van der Waals surface area contributed by atoms with Crippen LogP contribution in [0.3, 0.4) is 0 Å². The van der Waals surface area contributed by atoms with Crippen LogP contribution in [0.15, 0.2) is 24.3 Å². The van der Waals surface area contributed by atoms with Gasteiger partial charge in [-0.2, -0.15) is 0 Å². The van der Waals surface area contributed by atoms with Gasteiger partial charge in [-0.25, -0.2) is 0 Å². The van der Waals surface area contributed by atoms with Crippen LogP contribution in [0.2, 0.25) is 0 Å². The highest BCUT2D eigenvalue weighted by Crippen LogP contribution is 2.24. The molecule has 2 rings (SSSR count). The van der Waals surface area contributed by atoms with Gasteiger partial charge in [-0.15, -0.1) is 0 Å². The molecule has 1 saturated heterocycles. The molecule has 1 aliphatic heterocycles. The fourth-order valence-electron chi connectivity index (χ4n) is 3.02. The van der Waals surface area contributed by atoms with E-state index in [0.717, 1.165) is 19.6 Å². The largest absolute Gasteiger partial charge is 0.508 e. The molecule has 2 unspecified atom stereocenters. The molecule has 0 amide bonds. The van der Waals surface area contributed by atoms with Crippen molar-refractivity contribution in [3.8, 4) is 5.75 Å². The van der Waals surface area contributed by atoms with E-state index in [1.807, 2.05) is 12.1 Å². The van der Waals surface area contributed by atoms with Crippen LogP contribution < -0.4 is 5.32 Å². The van der Waals surface area contributed by atoms with Gasteiger partial charge in [-0.1, -0.05) is 26.0 Å². The van der Waals surface area contributed by atoms with Gasteiger partial charge in [0, 0.05) is 25.2 Å². The Bertz CT molecular complexity index is 396. The minimum Gasteiger partial charge on any atom is -0.508 e. The van der Waals surface area contributed by atoms with E-state index in [2.05, 4.69) is 31.0 Å². The standard InChI is InChI=1S/C17H28N2O/c1-13(2)11-19(12-16-5-4-10-18-16)14(3)15-6-8-17(20)9-7-15/h6-9,13-14,16,18,20H,4-5,10-12H2,1-3H3. The van der Waals surface area contributed by atoms with Gasteiger partial charge in [0.2, 0.25) is 0 Å². The Hall–Kier alpha value is -1.06. The molecule has 1 aliphatic rings. The minimum atomic E-state index is 0.341. The van der Waals surface area contributed by atoms with E-state index < -0.39 is 0 Å². The van der Waals surface area contributed by atoms with Crippen molar-refractivity contribution in [2.45, 2.75) is 45.7 Å². The monoisotopic (exact) mass is 276 g/mol. The lowest BCUT2D eigenvalue weighted by Crippen LogP contribution is -2.40. The maximum absolute atomic E-state index is 9.43. The number of benzene rings is 1. The second kappa shape index (κ2) is 7.09. The van der Waals surface area contributed by atoms with Crippen LogP contribution in [-0.4, -0.2) is 35.7 Å². The summed E-state index contributed by atoms with van der Waals surface area (Å²) in [6, 6.07) is 8.67. The number of phenolic OH excluding ortho intramolecular Hbond substituents is 1. The lowest BCUT2D eigenvalue weighted by molar-refractivity contribution is 0.171. The summed E-state index contributed by atoms with van der Waals surface area (Å²) in [6.45, 7) is 10.2. The molecule has 0 aliphatic carbocycles. The van der Waals surface area contributed by atoms with Crippen molar-refractivity contribution in [3.63, 3.8) is 0 Å². The van der Waals surface area contributed by atoms with Gasteiger partial charge in [0.15, 0.2) is 0 Å². The molecule has 20 heavy (non-hydrogen) atoms. The first kappa shape index (κ1) is 15.3. The minimum absolute atomic E-state index is 0.341. The zero-order valence-corrected chi connectivity index (χ0v) is 13.0. The number of hydrogen-bond donors (Lipinski definition) is 2. The van der Waals surface area contributed by atoms with Gasteiger partial charge in [0.25, 0.3) is 0 Å². The SMILES string of the molecule is CC(C)CN(CC1CCCN1)C(C)c1ccc(O)cc1. The van der Waals surface area contributed by atoms with E-state index in [9.17, 15) is 5.11 Å². The number of aromatic hydroxyl groups is 1. The molecule has 0 radical (unpaired) electrons. The number of nitrogens with zero attached hydrogens (tertiary/aromatic N) is 1. The van der Waals surface area contributed by atoms with Crippen molar-refractivity contribution in [1.29, 1.82) is 0 Å². The molecule has 3 nitrogen and oxygen atoms in total. The molecule has 1 fully saturated rings. The van der Waals surface area contributed by atoms with E-state index in [0.29, 0.717) is 23.8 Å². The Labute approximate surface area is 123 Å². The van der Waals surface area contributed by atoms with Crippen molar-refractivity contribution < 1.29 is 5.11 Å². The maximum atomic E-state index is 9.43. The summed E-state index contributed by atoms with van der Waals surface area (Å²) in [5.41, 5.74) is 1.28. The molecule has 112 valence electrons. The van der Waals surface area contributed by atoms with E-state index in [1.165, 1.54) is 18.4 Å². The van der Waals surface area contributed by atoms with Gasteiger partial charge in [0.05, 0.1) is 0 Å². The molecule has 0 spiro atoms. The van der Waals surface area contributed by atoms with Gasteiger partial charge in [-0.3, -0.25) is 4.90 Å². The highest BCUT2D eigenvalue weighted by Gasteiger charge is 2.22. The highest BCUT2D eigenvalue weighted by atomic mass is 16.3. The normalized spacial score (nSPS) is 20.8. The summed E-state index contributed by atoms with van der Waals surface area (Å²) in [6.07, 6.45) is 2.59. The fourth-order valence-corrected chi connectivity index (χ4v) is 3.02. The van der Waals surface area contributed by atoms with Crippen LogP contribution in [0.1, 0.15) is 45.2 Å². The Morgan fingerprint density at radius 3 is 2.50 bits per heavy atom. The summed E-state index contributed by atoms with van der Waals surface area (Å²) >= 11 is 0. The van der Waals surface area contributed by atoms with Gasteiger partial charge in [-0.05, 0) is 49.9 Å². The Kier molecular flexibility index (Phi) is 5.44. The van der Waals surface area contributed by atoms with Crippen LogP contribution >= 0.6 is 0 Å². The summed E-state index contributed by atoms with van der Waals surface area (Å²) in [7, 11) is 0. The molecule has 0 aromatic heterocycles. The van der Waals surface area contributed by atoms with Crippen LogP contribution in [-0.2, 0) is 0 Å². The summed E-state index contributed by atoms with van der Waals surface area (Å²) < 4.78 is 0. The fraction of sp³-hybridized carbons (Fsp3) is 0.647. The van der Waals surface area contributed by atoms with Crippen LogP contribution in [0.4, 0.5) is 0 Å². The predicted molar refractivity (Wildman–Crippen MR) is 84.0 cm³/mol. The Morgan fingerprint density at radius 1 is 1.25 bits per heavy atom. The third kappa shape index (κ3) is 4.22. The van der Waals surface area contributed by atoms with Crippen molar-refractivity contribution in [2.75, 3.05) is 19.6 Å². The van der Waals surface area contributed by atoms with Crippen molar-refractivity contribution >= 4 is 0 Å². The first-order chi connectivity index (χ1) is 9.56. The third-order valence-corrected chi connectivity index (χ3v) is 4.14.